The summed E-state index contributed by atoms with van der Waals surface area (Å²) in [6.07, 6.45) is -0.192. The van der Waals surface area contributed by atoms with E-state index in [4.69, 9.17) is 22.1 Å². The van der Waals surface area contributed by atoms with E-state index < -0.39 is 33.8 Å². The molecule has 0 radical (unpaired) electrons. The summed E-state index contributed by atoms with van der Waals surface area (Å²) in [7, 11) is 1.31. The molecule has 6 nitrogen and oxygen atoms in total. The monoisotopic (exact) mass is 501 g/mol. The summed E-state index contributed by atoms with van der Waals surface area (Å²) in [5, 5.41) is -0.163. The van der Waals surface area contributed by atoms with Crippen LogP contribution in [0.4, 0.5) is 29.1 Å². The van der Waals surface area contributed by atoms with Crippen LogP contribution in [0.2, 0.25) is 5.02 Å². The first-order chi connectivity index (χ1) is 15.7. The van der Waals surface area contributed by atoms with E-state index in [1.165, 1.54) is 18.9 Å². The Kier molecular flexibility index (Phi) is 6.45. The molecule has 0 unspecified atom stereocenters. The largest absolute Gasteiger partial charge is 0.480 e. The molecule has 1 aromatic carbocycles. The minimum atomic E-state index is -4.87. The van der Waals surface area contributed by atoms with Crippen molar-refractivity contribution in [3.05, 3.63) is 28.5 Å². The lowest BCUT2D eigenvalue weighted by molar-refractivity contribution is -0.137. The Labute approximate surface area is 196 Å². The molecular weight excluding hydrogens is 482 g/mol. The van der Waals surface area contributed by atoms with Gasteiger partial charge in [0, 0.05) is 24.3 Å². The lowest BCUT2D eigenvalue weighted by atomic mass is 10.0. The van der Waals surface area contributed by atoms with E-state index in [9.17, 15) is 13.2 Å². The maximum atomic E-state index is 15.9. The molecule has 0 bridgehead atoms. The molecular formula is C21H20ClF4N5OS. The predicted octanol–water partition coefficient (Wildman–Crippen LogP) is 5.81. The number of nitrogens with two attached hydrogens (primary N) is 1. The van der Waals surface area contributed by atoms with Crippen molar-refractivity contribution in [2.75, 3.05) is 37.1 Å². The van der Waals surface area contributed by atoms with Crippen molar-refractivity contribution < 1.29 is 22.3 Å². The highest BCUT2D eigenvalue weighted by Gasteiger charge is 2.38. The number of hydrogen-bond acceptors (Lipinski definition) is 7. The molecule has 0 atom stereocenters. The Morgan fingerprint density at radius 3 is 2.42 bits per heavy atom. The first-order valence-corrected chi connectivity index (χ1v) is 11.7. The number of piperidine rings is 1. The molecule has 1 fully saturated rings. The van der Waals surface area contributed by atoms with Gasteiger partial charge in [0.05, 0.1) is 17.7 Å². The second-order valence-electron chi connectivity index (χ2n) is 7.51. The molecule has 1 saturated heterocycles. The number of fused-ring (bicyclic) bond motifs is 1. The zero-order valence-electron chi connectivity index (χ0n) is 17.8. The molecule has 4 rings (SSSR count). The van der Waals surface area contributed by atoms with Crippen LogP contribution in [0.1, 0.15) is 24.8 Å². The number of ether oxygens (including phenoxy) is 1. The summed E-state index contributed by atoms with van der Waals surface area (Å²) in [6, 6.07) is 1.96. The maximum absolute atomic E-state index is 15.9. The minimum absolute atomic E-state index is 0.0650. The third kappa shape index (κ3) is 4.35. The lowest BCUT2D eigenvalue weighted by Crippen LogP contribution is -2.30. The summed E-state index contributed by atoms with van der Waals surface area (Å²) in [6.45, 7) is 1.41. The lowest BCUT2D eigenvalue weighted by Gasteiger charge is -2.29. The van der Waals surface area contributed by atoms with Gasteiger partial charge < -0.3 is 15.4 Å². The number of pyridine rings is 1. The Hall–Kier alpha value is -2.53. The molecule has 176 valence electrons. The van der Waals surface area contributed by atoms with Crippen molar-refractivity contribution in [2.24, 2.45) is 0 Å². The van der Waals surface area contributed by atoms with Gasteiger partial charge in [-0.3, -0.25) is 0 Å². The van der Waals surface area contributed by atoms with Crippen LogP contribution in [0.5, 0.6) is 5.88 Å². The molecule has 2 N–H and O–H groups in total. The summed E-state index contributed by atoms with van der Waals surface area (Å²) in [5.41, 5.74) is 3.07. The summed E-state index contributed by atoms with van der Waals surface area (Å²) in [4.78, 5) is 14.9. The zero-order valence-corrected chi connectivity index (χ0v) is 19.3. The van der Waals surface area contributed by atoms with E-state index in [0.29, 0.717) is 18.9 Å². The molecule has 0 spiro atoms. The quantitative estimate of drug-likeness (QED) is 0.209. The highest BCUT2D eigenvalue weighted by atomic mass is 35.5. The number of aromatic nitrogens is 3. The van der Waals surface area contributed by atoms with Crippen molar-refractivity contribution in [1.29, 1.82) is 0 Å². The van der Waals surface area contributed by atoms with Crippen LogP contribution in [0.25, 0.3) is 22.2 Å². The molecule has 1 aliphatic heterocycles. The van der Waals surface area contributed by atoms with Gasteiger partial charge in [-0.2, -0.15) is 13.2 Å². The number of benzene rings is 1. The topological polar surface area (TPSA) is 77.2 Å². The number of alkyl halides is 3. The van der Waals surface area contributed by atoms with Gasteiger partial charge in [0.1, 0.15) is 22.4 Å². The van der Waals surface area contributed by atoms with Gasteiger partial charge in [-0.25, -0.2) is 19.3 Å². The smallest absolute Gasteiger partial charge is 0.418 e. The molecule has 2 aromatic heterocycles. The highest BCUT2D eigenvalue weighted by Crippen LogP contribution is 2.45. The van der Waals surface area contributed by atoms with Crippen molar-refractivity contribution >= 4 is 45.8 Å². The van der Waals surface area contributed by atoms with E-state index in [2.05, 4.69) is 15.0 Å². The number of halogens is 5. The van der Waals surface area contributed by atoms with Crippen LogP contribution in [0.3, 0.4) is 0 Å². The first kappa shape index (κ1) is 23.6. The van der Waals surface area contributed by atoms with Gasteiger partial charge in [0.15, 0.2) is 11.0 Å². The molecule has 3 aromatic rings. The zero-order chi connectivity index (χ0) is 23.9. The normalized spacial score (nSPS) is 14.7. The Morgan fingerprint density at radius 2 is 1.82 bits per heavy atom. The fourth-order valence-electron chi connectivity index (χ4n) is 3.96. The van der Waals surface area contributed by atoms with E-state index in [1.807, 2.05) is 4.90 Å². The number of methoxy groups -OCH3 is 1. The van der Waals surface area contributed by atoms with Crippen LogP contribution < -0.4 is 15.4 Å². The standard InChI is InChI=1S/C21H20ClF4N5OS/c1-32-19-13-17(29-20(33-2)30-18(13)31-6-4-3-5-7-31)15(23)16(28-19)11-8-10(27)9-12(22)14(11)21(24,25)26/h8-9H,3-7,27H2,1-2H3. The molecule has 0 saturated carbocycles. The average molecular weight is 502 g/mol. The maximum Gasteiger partial charge on any atom is 0.418 e. The molecule has 0 amide bonds. The van der Waals surface area contributed by atoms with Crippen molar-refractivity contribution in [3.63, 3.8) is 0 Å². The van der Waals surface area contributed by atoms with Crippen LogP contribution in [-0.2, 0) is 6.18 Å². The Balaban J connectivity index is 2.07. The third-order valence-corrected chi connectivity index (χ3v) is 6.24. The Morgan fingerprint density at radius 1 is 1.12 bits per heavy atom. The Bertz CT molecular complexity index is 1220. The van der Waals surface area contributed by atoms with Gasteiger partial charge in [-0.15, -0.1) is 0 Å². The van der Waals surface area contributed by atoms with Crippen molar-refractivity contribution in [1.82, 2.24) is 15.0 Å². The van der Waals surface area contributed by atoms with Gasteiger partial charge in [-0.1, -0.05) is 23.4 Å². The summed E-state index contributed by atoms with van der Waals surface area (Å²) < 4.78 is 62.8. The van der Waals surface area contributed by atoms with Gasteiger partial charge in [0.2, 0.25) is 5.88 Å². The fourth-order valence-corrected chi connectivity index (χ4v) is 4.65. The van der Waals surface area contributed by atoms with Crippen LogP contribution in [0.15, 0.2) is 17.3 Å². The molecule has 1 aliphatic rings. The first-order valence-electron chi connectivity index (χ1n) is 10.1. The van der Waals surface area contributed by atoms with E-state index >= 15 is 4.39 Å². The predicted molar refractivity (Wildman–Crippen MR) is 122 cm³/mol. The molecule has 12 heteroatoms. The molecule has 0 aliphatic carbocycles. The molecule has 33 heavy (non-hydrogen) atoms. The minimum Gasteiger partial charge on any atom is -0.480 e. The summed E-state index contributed by atoms with van der Waals surface area (Å²) in [5.74, 6) is -0.671. The number of nitrogens with zero attached hydrogens (tertiary/aromatic N) is 4. The van der Waals surface area contributed by atoms with Crippen LogP contribution in [-0.4, -0.2) is 41.4 Å². The third-order valence-electron chi connectivity index (χ3n) is 5.40. The summed E-state index contributed by atoms with van der Waals surface area (Å²) >= 11 is 7.07. The van der Waals surface area contributed by atoms with E-state index in [-0.39, 0.29) is 27.6 Å². The second-order valence-corrected chi connectivity index (χ2v) is 8.69. The number of rotatable bonds is 4. The fraction of sp³-hybridized carbons (Fsp3) is 0.381. The number of anilines is 2. The van der Waals surface area contributed by atoms with Crippen LogP contribution >= 0.6 is 23.4 Å². The molecule has 3 heterocycles. The van der Waals surface area contributed by atoms with Crippen LogP contribution in [0, 0.1) is 5.82 Å². The average Bonchev–Trinajstić information content (AvgIpc) is 2.78. The van der Waals surface area contributed by atoms with Crippen molar-refractivity contribution in [3.8, 4) is 17.1 Å². The number of thioether (sulfide) groups is 1. The van der Waals surface area contributed by atoms with Gasteiger partial charge in [0.25, 0.3) is 0 Å². The van der Waals surface area contributed by atoms with Gasteiger partial charge >= 0.3 is 6.18 Å². The van der Waals surface area contributed by atoms with E-state index in [0.717, 1.165) is 31.4 Å². The van der Waals surface area contributed by atoms with E-state index in [1.54, 1.807) is 6.26 Å². The van der Waals surface area contributed by atoms with Gasteiger partial charge in [-0.05, 0) is 37.7 Å². The highest BCUT2D eigenvalue weighted by molar-refractivity contribution is 7.98. The number of hydrogen-bond donors (Lipinski definition) is 1. The SMILES string of the molecule is COc1nc(-c2cc(N)cc(Cl)c2C(F)(F)F)c(F)c2nc(SC)nc(N3CCCCC3)c12. The number of nitrogen functional groups attached to an aromatic ring is 1. The second kappa shape index (κ2) is 9.02. The van der Waals surface area contributed by atoms with Crippen molar-refractivity contribution in [2.45, 2.75) is 30.6 Å².